The first-order valence-corrected chi connectivity index (χ1v) is 9.64. The van der Waals surface area contributed by atoms with Crippen LogP contribution in [0.25, 0.3) is 6.08 Å². The van der Waals surface area contributed by atoms with E-state index in [2.05, 4.69) is 24.9 Å². The van der Waals surface area contributed by atoms with Gasteiger partial charge in [0.15, 0.2) is 5.70 Å². The van der Waals surface area contributed by atoms with Crippen molar-refractivity contribution in [2.75, 3.05) is 18.5 Å². The van der Waals surface area contributed by atoms with E-state index in [9.17, 15) is 4.79 Å². The van der Waals surface area contributed by atoms with Crippen molar-refractivity contribution < 1.29 is 9.53 Å². The van der Waals surface area contributed by atoms with Crippen LogP contribution >= 0.6 is 11.3 Å². The molecule has 0 unspecified atom stereocenters. The van der Waals surface area contributed by atoms with E-state index in [0.717, 1.165) is 22.5 Å². The van der Waals surface area contributed by atoms with Crippen molar-refractivity contribution in [1.82, 2.24) is 0 Å². The Morgan fingerprint density at radius 2 is 2.07 bits per heavy atom. The molecule has 1 aliphatic rings. The summed E-state index contributed by atoms with van der Waals surface area (Å²) in [5.74, 6) is -0.0452. The number of nitriles is 1. The number of hydrogen-bond acceptors (Lipinski definition) is 6. The van der Waals surface area contributed by atoms with Crippen molar-refractivity contribution in [3.8, 4) is 6.07 Å². The molecule has 0 fully saturated rings. The lowest BCUT2D eigenvalue weighted by Crippen LogP contribution is -2.17. The first-order valence-electron chi connectivity index (χ1n) is 8.82. The zero-order valence-corrected chi connectivity index (χ0v) is 16.5. The molecule has 3 rings (SSSR count). The van der Waals surface area contributed by atoms with Crippen molar-refractivity contribution in [2.24, 2.45) is 4.99 Å². The van der Waals surface area contributed by atoms with Crippen LogP contribution in [0.3, 0.4) is 0 Å². The van der Waals surface area contributed by atoms with Crippen LogP contribution in [0.2, 0.25) is 0 Å². The topological polar surface area (TPSA) is 65.7 Å². The Hall–Kier alpha value is -2.91. The molecule has 5 nitrogen and oxygen atoms in total. The standard InChI is InChI=1S/C21H21N3O2S/c1-4-18-14(2)12-19(27-18)20-23-17(21(25)26-20)13-15-6-8-16(9-7-15)24(3)11-5-10-22/h6-9,12-13H,4-5,11H2,1-3H3/b17-13-. The number of rotatable bonds is 6. The van der Waals surface area contributed by atoms with Gasteiger partial charge in [-0.1, -0.05) is 19.1 Å². The van der Waals surface area contributed by atoms with Gasteiger partial charge < -0.3 is 9.64 Å². The summed E-state index contributed by atoms with van der Waals surface area (Å²) in [7, 11) is 1.95. The number of hydrogen-bond donors (Lipinski definition) is 0. The van der Waals surface area contributed by atoms with Gasteiger partial charge in [0.1, 0.15) is 0 Å². The molecule has 0 atom stereocenters. The monoisotopic (exact) mass is 379 g/mol. The SMILES string of the molecule is CCc1sc(C2=N/C(=C\c3ccc(N(C)CCC#N)cc3)C(=O)O2)cc1C. The van der Waals surface area contributed by atoms with E-state index in [1.54, 1.807) is 17.4 Å². The Kier molecular flexibility index (Phi) is 5.72. The molecule has 138 valence electrons. The van der Waals surface area contributed by atoms with E-state index in [1.807, 2.05) is 42.3 Å². The van der Waals surface area contributed by atoms with E-state index in [4.69, 9.17) is 10.00 Å². The number of ether oxygens (including phenoxy) is 1. The highest BCUT2D eigenvalue weighted by molar-refractivity contribution is 7.14. The van der Waals surface area contributed by atoms with Crippen molar-refractivity contribution in [1.29, 1.82) is 5.26 Å². The van der Waals surface area contributed by atoms with Gasteiger partial charge in [0.05, 0.1) is 17.4 Å². The normalized spacial score (nSPS) is 14.8. The van der Waals surface area contributed by atoms with Crippen LogP contribution in [-0.2, 0) is 16.0 Å². The van der Waals surface area contributed by atoms with Crippen LogP contribution in [0.15, 0.2) is 41.0 Å². The van der Waals surface area contributed by atoms with Crippen LogP contribution in [0.1, 0.15) is 34.2 Å². The zero-order valence-electron chi connectivity index (χ0n) is 15.7. The number of aliphatic imine (C=N–C) groups is 1. The lowest BCUT2D eigenvalue weighted by molar-refractivity contribution is -0.129. The lowest BCUT2D eigenvalue weighted by atomic mass is 10.1. The molecule has 1 aromatic carbocycles. The minimum atomic E-state index is -0.427. The molecule has 0 spiro atoms. The molecule has 0 amide bonds. The smallest absolute Gasteiger partial charge is 0.363 e. The second-order valence-electron chi connectivity index (χ2n) is 6.33. The molecule has 1 aromatic heterocycles. The number of benzene rings is 1. The number of cyclic esters (lactones) is 1. The molecule has 2 aromatic rings. The van der Waals surface area contributed by atoms with Crippen molar-refractivity contribution >= 4 is 35.0 Å². The first-order chi connectivity index (χ1) is 13.0. The molecule has 1 aliphatic heterocycles. The van der Waals surface area contributed by atoms with Crippen LogP contribution < -0.4 is 4.90 Å². The fraction of sp³-hybridized carbons (Fsp3) is 0.286. The minimum Gasteiger partial charge on any atom is -0.401 e. The van der Waals surface area contributed by atoms with Crippen LogP contribution in [0.5, 0.6) is 0 Å². The Labute approximate surface area is 163 Å². The van der Waals surface area contributed by atoms with Crippen LogP contribution in [0.4, 0.5) is 5.69 Å². The number of aryl methyl sites for hydroxylation is 2. The van der Waals surface area contributed by atoms with Crippen molar-refractivity contribution in [2.45, 2.75) is 26.7 Å². The summed E-state index contributed by atoms with van der Waals surface area (Å²) in [6.45, 7) is 4.84. The molecule has 0 saturated carbocycles. The van der Waals surface area contributed by atoms with Gasteiger partial charge in [-0.05, 0) is 48.7 Å². The molecule has 27 heavy (non-hydrogen) atoms. The van der Waals surface area contributed by atoms with Gasteiger partial charge >= 0.3 is 5.97 Å². The number of carbonyl (C=O) groups is 1. The molecule has 0 N–H and O–H groups in total. The van der Waals surface area contributed by atoms with Gasteiger partial charge in [-0.15, -0.1) is 11.3 Å². The summed E-state index contributed by atoms with van der Waals surface area (Å²) >= 11 is 1.62. The molecule has 0 radical (unpaired) electrons. The summed E-state index contributed by atoms with van der Waals surface area (Å²) in [6.07, 6.45) is 3.17. The van der Waals surface area contributed by atoms with Gasteiger partial charge in [0.2, 0.25) is 5.90 Å². The molecule has 0 saturated heterocycles. The Balaban J connectivity index is 1.79. The van der Waals surface area contributed by atoms with Crippen LogP contribution in [0, 0.1) is 18.3 Å². The molecule has 0 aliphatic carbocycles. The maximum Gasteiger partial charge on any atom is 0.363 e. The molecule has 0 bridgehead atoms. The van der Waals surface area contributed by atoms with E-state index in [0.29, 0.717) is 24.6 Å². The summed E-state index contributed by atoms with van der Waals surface area (Å²) in [5.41, 5.74) is 3.40. The maximum atomic E-state index is 12.2. The number of carbonyl (C=O) groups excluding carboxylic acids is 1. The number of thiophene rings is 1. The molecular weight excluding hydrogens is 358 g/mol. The predicted octanol–water partition coefficient (Wildman–Crippen LogP) is 4.31. The largest absolute Gasteiger partial charge is 0.401 e. The first kappa shape index (κ1) is 18.9. The second kappa shape index (κ2) is 8.19. The van der Waals surface area contributed by atoms with Crippen molar-refractivity contribution in [3.63, 3.8) is 0 Å². The summed E-state index contributed by atoms with van der Waals surface area (Å²) in [6, 6.07) is 11.9. The number of anilines is 1. The highest BCUT2D eigenvalue weighted by Gasteiger charge is 2.25. The number of nitrogens with zero attached hydrogens (tertiary/aromatic N) is 3. The zero-order chi connectivity index (χ0) is 19.4. The maximum absolute atomic E-state index is 12.2. The van der Waals surface area contributed by atoms with Gasteiger partial charge in [-0.3, -0.25) is 0 Å². The number of esters is 1. The van der Waals surface area contributed by atoms with E-state index in [1.165, 1.54) is 10.4 Å². The molecule has 6 heteroatoms. The van der Waals surface area contributed by atoms with E-state index >= 15 is 0 Å². The highest BCUT2D eigenvalue weighted by atomic mass is 32.1. The summed E-state index contributed by atoms with van der Waals surface area (Å²) < 4.78 is 5.37. The summed E-state index contributed by atoms with van der Waals surface area (Å²) in [4.78, 5) is 20.7. The van der Waals surface area contributed by atoms with Gasteiger partial charge in [-0.2, -0.15) is 5.26 Å². The van der Waals surface area contributed by atoms with E-state index < -0.39 is 5.97 Å². The second-order valence-corrected chi connectivity index (χ2v) is 7.46. The fourth-order valence-electron chi connectivity index (χ4n) is 2.82. The third kappa shape index (κ3) is 4.26. The van der Waals surface area contributed by atoms with Crippen LogP contribution in [-0.4, -0.2) is 25.5 Å². The third-order valence-corrected chi connectivity index (χ3v) is 5.74. The van der Waals surface area contributed by atoms with Gasteiger partial charge in [0, 0.05) is 24.2 Å². The Bertz CT molecular complexity index is 949. The average molecular weight is 379 g/mol. The van der Waals surface area contributed by atoms with Gasteiger partial charge in [-0.25, -0.2) is 9.79 Å². The molecule has 2 heterocycles. The van der Waals surface area contributed by atoms with Gasteiger partial charge in [0.25, 0.3) is 0 Å². The highest BCUT2D eigenvalue weighted by Crippen LogP contribution is 2.27. The predicted molar refractivity (Wildman–Crippen MR) is 109 cm³/mol. The fourth-order valence-corrected chi connectivity index (χ4v) is 3.86. The third-order valence-electron chi connectivity index (χ3n) is 4.37. The molecular formula is C21H21N3O2S. The Morgan fingerprint density at radius 1 is 1.33 bits per heavy atom. The van der Waals surface area contributed by atoms with Crippen molar-refractivity contribution in [3.05, 3.63) is 56.9 Å². The minimum absolute atomic E-state index is 0.305. The lowest BCUT2D eigenvalue weighted by Gasteiger charge is -2.17. The summed E-state index contributed by atoms with van der Waals surface area (Å²) in [5, 5.41) is 8.68. The quantitative estimate of drug-likeness (QED) is 0.554. The van der Waals surface area contributed by atoms with E-state index in [-0.39, 0.29) is 0 Å². The average Bonchev–Trinajstić information content (AvgIpc) is 3.23. The Morgan fingerprint density at radius 3 is 2.70 bits per heavy atom.